The molecule has 158 valence electrons. The van der Waals surface area contributed by atoms with Crippen molar-refractivity contribution in [1.29, 1.82) is 0 Å². The highest BCUT2D eigenvalue weighted by atomic mass is 31.1. The van der Waals surface area contributed by atoms with E-state index >= 15 is 0 Å². The summed E-state index contributed by atoms with van der Waals surface area (Å²) in [6, 6.07) is 13.1. The molecular formula is C22H30O6P+. The summed E-state index contributed by atoms with van der Waals surface area (Å²) in [5.41, 5.74) is 2.30. The van der Waals surface area contributed by atoms with E-state index in [0.29, 0.717) is 11.1 Å². The lowest BCUT2D eigenvalue weighted by atomic mass is 9.78. The van der Waals surface area contributed by atoms with Crippen LogP contribution in [0, 0.1) is 0 Å². The smallest absolute Gasteiger partial charge is 0.507 e. The molecule has 0 radical (unpaired) electrons. The van der Waals surface area contributed by atoms with Crippen LogP contribution in [0.1, 0.15) is 58.2 Å². The highest BCUT2D eigenvalue weighted by Crippen LogP contribution is 2.40. The van der Waals surface area contributed by atoms with Crippen LogP contribution in [0.5, 0.6) is 5.75 Å². The molecule has 0 bridgehead atoms. The molecule has 0 saturated heterocycles. The third-order valence-electron chi connectivity index (χ3n) is 4.10. The van der Waals surface area contributed by atoms with Gasteiger partial charge in [-0.2, -0.15) is 0 Å². The molecule has 0 aromatic heterocycles. The van der Waals surface area contributed by atoms with Crippen LogP contribution in [0.4, 0.5) is 4.79 Å². The summed E-state index contributed by atoms with van der Waals surface area (Å²) in [5, 5.41) is 25.4. The average Bonchev–Trinajstić information content (AvgIpc) is 2.58. The Hall–Kier alpha value is -2.43. The highest BCUT2D eigenvalue weighted by Gasteiger charge is 2.28. The van der Waals surface area contributed by atoms with Crippen molar-refractivity contribution < 1.29 is 29.2 Å². The molecule has 0 aliphatic carbocycles. The molecule has 7 heteroatoms. The van der Waals surface area contributed by atoms with E-state index in [0.717, 1.165) is 16.7 Å². The summed E-state index contributed by atoms with van der Waals surface area (Å²) in [7, 11) is -1.89. The summed E-state index contributed by atoms with van der Waals surface area (Å²) < 4.78 is 17.9. The Labute approximate surface area is 173 Å². The van der Waals surface area contributed by atoms with Crippen LogP contribution in [-0.2, 0) is 26.5 Å². The van der Waals surface area contributed by atoms with Crippen molar-refractivity contribution in [2.45, 2.75) is 59.0 Å². The lowest BCUT2D eigenvalue weighted by Gasteiger charge is -2.28. The molecule has 0 aliphatic rings. The van der Waals surface area contributed by atoms with E-state index in [-0.39, 0.29) is 17.4 Å². The Balaban J connectivity index is 0.000000960. The van der Waals surface area contributed by atoms with Gasteiger partial charge in [-0.1, -0.05) is 59.7 Å². The third-order valence-corrected chi connectivity index (χ3v) is 5.18. The molecule has 29 heavy (non-hydrogen) atoms. The summed E-state index contributed by atoms with van der Waals surface area (Å²) >= 11 is 0. The quantitative estimate of drug-likeness (QED) is 0.540. The predicted molar refractivity (Wildman–Crippen MR) is 115 cm³/mol. The van der Waals surface area contributed by atoms with Crippen molar-refractivity contribution >= 4 is 19.5 Å². The first kappa shape index (κ1) is 24.6. The van der Waals surface area contributed by atoms with Crippen molar-refractivity contribution in [2.75, 3.05) is 0 Å². The second kappa shape index (κ2) is 9.86. The minimum Gasteiger partial charge on any atom is -0.507 e. The van der Waals surface area contributed by atoms with E-state index in [4.69, 9.17) is 19.5 Å². The maximum absolute atomic E-state index is 12.3. The van der Waals surface area contributed by atoms with Gasteiger partial charge in [0.05, 0.1) is 0 Å². The Bertz CT molecular complexity index is 809. The summed E-state index contributed by atoms with van der Waals surface area (Å²) in [5.74, 6) is 0.344. The lowest BCUT2D eigenvalue weighted by Crippen LogP contribution is -2.18. The topological polar surface area (TPSA) is 104 Å². The summed E-state index contributed by atoms with van der Waals surface area (Å²) in [6.07, 6.45) is -1.83. The predicted octanol–water partition coefficient (Wildman–Crippen LogP) is 5.79. The molecule has 0 amide bonds. The van der Waals surface area contributed by atoms with Crippen molar-refractivity contribution in [3.05, 3.63) is 59.2 Å². The fourth-order valence-corrected chi connectivity index (χ4v) is 3.51. The fourth-order valence-electron chi connectivity index (χ4n) is 2.68. The Morgan fingerprint density at radius 2 is 1.34 bits per heavy atom. The van der Waals surface area contributed by atoms with Gasteiger partial charge in [-0.3, -0.25) is 0 Å². The van der Waals surface area contributed by atoms with Crippen LogP contribution in [0.15, 0.2) is 42.5 Å². The van der Waals surface area contributed by atoms with Gasteiger partial charge in [0.15, 0.2) is 0 Å². The molecule has 1 atom stereocenters. The molecule has 0 heterocycles. The number of rotatable bonds is 4. The number of benzene rings is 2. The average molecular weight is 421 g/mol. The van der Waals surface area contributed by atoms with Crippen LogP contribution >= 0.6 is 8.03 Å². The van der Waals surface area contributed by atoms with Gasteiger partial charge in [0.1, 0.15) is 12.4 Å². The van der Waals surface area contributed by atoms with Gasteiger partial charge in [-0.05, 0) is 56.4 Å². The van der Waals surface area contributed by atoms with Gasteiger partial charge in [-0.25, -0.2) is 4.79 Å². The molecular weight excluding hydrogens is 391 g/mol. The van der Waals surface area contributed by atoms with E-state index in [9.17, 15) is 9.67 Å². The zero-order valence-corrected chi connectivity index (χ0v) is 18.7. The number of carbonyl (C=O) groups is 1. The van der Waals surface area contributed by atoms with E-state index < -0.39 is 14.2 Å². The first-order valence-corrected chi connectivity index (χ1v) is 10.3. The van der Waals surface area contributed by atoms with Crippen molar-refractivity contribution in [3.8, 4) is 5.75 Å². The second-order valence-corrected chi connectivity index (χ2v) is 9.98. The Morgan fingerprint density at radius 3 is 1.72 bits per heavy atom. The van der Waals surface area contributed by atoms with E-state index in [2.05, 4.69) is 41.5 Å². The van der Waals surface area contributed by atoms with Crippen molar-refractivity contribution in [2.24, 2.45) is 0 Å². The fraction of sp³-hybridized carbons (Fsp3) is 0.409. The zero-order chi connectivity index (χ0) is 22.4. The Morgan fingerprint density at radius 1 is 0.931 bits per heavy atom. The summed E-state index contributed by atoms with van der Waals surface area (Å²) in [6.45, 7) is 12.7. The normalized spacial score (nSPS) is 12.0. The van der Waals surface area contributed by atoms with Crippen LogP contribution in [0.25, 0.3) is 0 Å². The zero-order valence-electron chi connectivity index (χ0n) is 17.8. The molecule has 6 nitrogen and oxygen atoms in total. The molecule has 0 aliphatic heterocycles. The Kier molecular flexibility index (Phi) is 8.37. The van der Waals surface area contributed by atoms with Gasteiger partial charge in [-0.15, -0.1) is 4.52 Å². The number of phenols is 1. The molecule has 2 rings (SSSR count). The third kappa shape index (κ3) is 7.84. The second-order valence-electron chi connectivity index (χ2n) is 8.69. The SMILES string of the molecule is CC(C)(C)c1cc(CO[P+](=O)c2ccccc2)cc(C(C)(C)C)c1O.O=C(O)O. The molecule has 2 aromatic rings. The number of hydrogen-bond donors (Lipinski definition) is 3. The van der Waals surface area contributed by atoms with Crippen molar-refractivity contribution in [3.63, 3.8) is 0 Å². The van der Waals surface area contributed by atoms with Gasteiger partial charge in [0.2, 0.25) is 5.30 Å². The maximum Gasteiger partial charge on any atom is 0.549 e. The molecule has 0 fully saturated rings. The monoisotopic (exact) mass is 421 g/mol. The van der Waals surface area contributed by atoms with Crippen LogP contribution < -0.4 is 5.30 Å². The van der Waals surface area contributed by atoms with Crippen LogP contribution in [-0.4, -0.2) is 21.5 Å². The van der Waals surface area contributed by atoms with Crippen LogP contribution in [0.3, 0.4) is 0 Å². The molecule has 1 unspecified atom stereocenters. The summed E-state index contributed by atoms with van der Waals surface area (Å²) in [4.78, 5) is 8.56. The van der Waals surface area contributed by atoms with E-state index in [1.54, 1.807) is 12.1 Å². The molecule has 3 N–H and O–H groups in total. The lowest BCUT2D eigenvalue weighted by molar-refractivity contribution is 0.137. The van der Waals surface area contributed by atoms with Gasteiger partial charge in [0, 0.05) is 0 Å². The number of aromatic hydroxyl groups is 1. The van der Waals surface area contributed by atoms with E-state index in [1.165, 1.54) is 0 Å². The number of carboxylic acid groups (broad SMARTS) is 2. The first-order valence-electron chi connectivity index (χ1n) is 9.17. The van der Waals surface area contributed by atoms with Gasteiger partial charge < -0.3 is 15.3 Å². The van der Waals surface area contributed by atoms with Gasteiger partial charge in [0.25, 0.3) is 0 Å². The minimum absolute atomic E-state index is 0.193. The largest absolute Gasteiger partial charge is 0.549 e. The number of phenolic OH excluding ortho intramolecular Hbond substituents is 1. The molecule has 0 spiro atoms. The minimum atomic E-state index is -1.89. The van der Waals surface area contributed by atoms with Gasteiger partial charge >= 0.3 is 14.2 Å². The maximum atomic E-state index is 12.3. The van der Waals surface area contributed by atoms with E-state index in [1.807, 2.05) is 30.3 Å². The number of hydrogen-bond acceptors (Lipinski definition) is 4. The van der Waals surface area contributed by atoms with Crippen molar-refractivity contribution in [1.82, 2.24) is 0 Å². The first-order chi connectivity index (χ1) is 13.2. The highest BCUT2D eigenvalue weighted by molar-refractivity contribution is 7.48. The molecule has 0 saturated carbocycles. The van der Waals surface area contributed by atoms with Crippen LogP contribution in [0.2, 0.25) is 0 Å². The standard InChI is InChI=1S/C21H27O3P.CH2O3/c1-20(2,3)17-12-15(13-18(19(17)22)21(4,5)6)14-24-25(23)16-10-8-7-9-11-16;2-1(3)4/h7-13H,14H2,1-6H3;(H2,2,3,4)/p+1. The molecule has 2 aromatic carbocycles.